The van der Waals surface area contributed by atoms with Crippen molar-refractivity contribution in [1.29, 1.82) is 0 Å². The molecule has 8 heteroatoms. The van der Waals surface area contributed by atoms with Crippen molar-refractivity contribution in [3.8, 4) is 0 Å². The molecule has 2 aliphatic heterocycles. The molecule has 2 saturated heterocycles. The van der Waals surface area contributed by atoms with Gasteiger partial charge in [-0.25, -0.2) is 8.42 Å². The van der Waals surface area contributed by atoms with Gasteiger partial charge in [0.05, 0.1) is 17.5 Å². The zero-order valence-electron chi connectivity index (χ0n) is 15.9. The van der Waals surface area contributed by atoms with Crippen molar-refractivity contribution >= 4 is 50.0 Å². The lowest BCUT2D eigenvalue weighted by Gasteiger charge is -2.26. The molecule has 0 spiro atoms. The standard InChI is InChI=1S/C20H25ClN2O3S2/c1-13-6-8-15(21)10-16(13)23-17-11-28(25,26)12-18(17)27-20(23)22-19(24)9-7-14-4-2-3-5-14/h6,8,10,14,17-18H,2-5,7,9,11-12H2,1H3/t17-,18+/m0/s1. The number of halogens is 1. The Kier molecular flexibility index (Phi) is 5.78. The number of sulfone groups is 1. The largest absolute Gasteiger partial charge is 0.315 e. The highest BCUT2D eigenvalue weighted by atomic mass is 35.5. The maximum Gasteiger partial charge on any atom is 0.248 e. The van der Waals surface area contributed by atoms with Gasteiger partial charge >= 0.3 is 0 Å². The Labute approximate surface area is 175 Å². The van der Waals surface area contributed by atoms with Crippen molar-refractivity contribution in [1.82, 2.24) is 0 Å². The van der Waals surface area contributed by atoms with Gasteiger partial charge in [0.25, 0.3) is 0 Å². The third-order valence-electron chi connectivity index (χ3n) is 5.96. The molecule has 2 atom stereocenters. The van der Waals surface area contributed by atoms with Gasteiger partial charge in [-0.2, -0.15) is 4.99 Å². The number of anilines is 1. The molecule has 28 heavy (non-hydrogen) atoms. The van der Waals surface area contributed by atoms with Gasteiger partial charge in [0, 0.05) is 22.4 Å². The number of carbonyl (C=O) groups excluding carboxylic acids is 1. The summed E-state index contributed by atoms with van der Waals surface area (Å²) in [6, 6.07) is 5.37. The van der Waals surface area contributed by atoms with Gasteiger partial charge in [-0.05, 0) is 37.0 Å². The SMILES string of the molecule is Cc1ccc(Cl)cc1N1C(=NC(=O)CCC2CCCC2)S[C@@H]2CS(=O)(=O)C[C@@H]21. The predicted molar refractivity (Wildman–Crippen MR) is 116 cm³/mol. The predicted octanol–water partition coefficient (Wildman–Crippen LogP) is 4.22. The van der Waals surface area contributed by atoms with E-state index in [4.69, 9.17) is 11.6 Å². The molecule has 3 aliphatic rings. The Morgan fingerprint density at radius 3 is 2.79 bits per heavy atom. The summed E-state index contributed by atoms with van der Waals surface area (Å²) in [6.07, 6.45) is 6.33. The molecule has 1 amide bonds. The van der Waals surface area contributed by atoms with E-state index in [2.05, 4.69) is 4.99 Å². The van der Waals surface area contributed by atoms with E-state index in [0.717, 1.165) is 17.7 Å². The monoisotopic (exact) mass is 440 g/mol. The number of aliphatic imine (C=N–C) groups is 1. The van der Waals surface area contributed by atoms with Crippen LogP contribution in [-0.2, 0) is 14.6 Å². The quantitative estimate of drug-likeness (QED) is 0.701. The number of carbonyl (C=O) groups is 1. The highest BCUT2D eigenvalue weighted by molar-refractivity contribution is 8.16. The molecule has 1 aliphatic carbocycles. The molecule has 0 radical (unpaired) electrons. The van der Waals surface area contributed by atoms with Crippen LogP contribution in [0.2, 0.25) is 5.02 Å². The number of rotatable bonds is 4. The number of amidine groups is 1. The van der Waals surface area contributed by atoms with E-state index in [1.807, 2.05) is 30.0 Å². The fraction of sp³-hybridized carbons (Fsp3) is 0.600. The van der Waals surface area contributed by atoms with Gasteiger partial charge in [0.2, 0.25) is 5.91 Å². The van der Waals surface area contributed by atoms with E-state index in [1.165, 1.54) is 37.4 Å². The zero-order chi connectivity index (χ0) is 19.9. The summed E-state index contributed by atoms with van der Waals surface area (Å²) >= 11 is 7.63. The average molecular weight is 441 g/mol. The number of hydrogen-bond donors (Lipinski definition) is 0. The van der Waals surface area contributed by atoms with E-state index in [1.54, 1.807) is 0 Å². The first-order chi connectivity index (χ1) is 13.3. The minimum absolute atomic E-state index is 0.0892. The average Bonchev–Trinajstić information content (AvgIpc) is 3.30. The number of benzene rings is 1. The summed E-state index contributed by atoms with van der Waals surface area (Å²) < 4.78 is 24.4. The summed E-state index contributed by atoms with van der Waals surface area (Å²) in [4.78, 5) is 18.9. The highest BCUT2D eigenvalue weighted by Gasteiger charge is 2.49. The van der Waals surface area contributed by atoms with Crippen LogP contribution < -0.4 is 4.90 Å². The van der Waals surface area contributed by atoms with Gasteiger partial charge in [-0.1, -0.05) is 55.1 Å². The van der Waals surface area contributed by atoms with Gasteiger partial charge in [0.15, 0.2) is 15.0 Å². The molecule has 2 heterocycles. The van der Waals surface area contributed by atoms with E-state index < -0.39 is 9.84 Å². The summed E-state index contributed by atoms with van der Waals surface area (Å²) in [5.74, 6) is 0.762. The summed E-state index contributed by atoms with van der Waals surface area (Å²) in [7, 11) is -3.08. The molecule has 1 saturated carbocycles. The molecule has 152 valence electrons. The van der Waals surface area contributed by atoms with Crippen LogP contribution in [0.4, 0.5) is 5.69 Å². The Balaban J connectivity index is 1.60. The Hall–Kier alpha value is -1.05. The first kappa shape index (κ1) is 20.2. The fourth-order valence-corrected chi connectivity index (χ4v) is 8.57. The lowest BCUT2D eigenvalue weighted by atomic mass is 10.0. The molecule has 1 aromatic rings. The van der Waals surface area contributed by atoms with Crippen molar-refractivity contribution in [2.75, 3.05) is 16.4 Å². The third-order valence-corrected chi connectivity index (χ3v) is 9.40. The normalized spacial score (nSPS) is 28.2. The third kappa shape index (κ3) is 4.26. The van der Waals surface area contributed by atoms with Crippen LogP contribution in [0.25, 0.3) is 0 Å². The number of hydrogen-bond acceptors (Lipinski definition) is 4. The molecule has 0 bridgehead atoms. The number of aryl methyl sites for hydroxylation is 1. The van der Waals surface area contributed by atoms with Crippen molar-refractivity contribution in [3.05, 3.63) is 28.8 Å². The van der Waals surface area contributed by atoms with Gasteiger partial charge in [-0.3, -0.25) is 4.79 Å². The van der Waals surface area contributed by atoms with Crippen molar-refractivity contribution in [2.45, 2.75) is 56.7 Å². The zero-order valence-corrected chi connectivity index (χ0v) is 18.3. The van der Waals surface area contributed by atoms with Gasteiger partial charge in [0.1, 0.15) is 0 Å². The number of nitrogens with zero attached hydrogens (tertiary/aromatic N) is 2. The molecule has 0 unspecified atom stereocenters. The second kappa shape index (κ2) is 8.00. The first-order valence-electron chi connectivity index (χ1n) is 9.86. The second-order valence-electron chi connectivity index (χ2n) is 8.08. The number of amides is 1. The van der Waals surface area contributed by atoms with Crippen molar-refractivity contribution in [3.63, 3.8) is 0 Å². The Morgan fingerprint density at radius 2 is 2.04 bits per heavy atom. The van der Waals surface area contributed by atoms with Crippen LogP contribution in [0.15, 0.2) is 23.2 Å². The van der Waals surface area contributed by atoms with E-state index in [0.29, 0.717) is 22.5 Å². The van der Waals surface area contributed by atoms with Gasteiger partial charge < -0.3 is 4.90 Å². The van der Waals surface area contributed by atoms with E-state index >= 15 is 0 Å². The summed E-state index contributed by atoms with van der Waals surface area (Å²) in [6.45, 7) is 1.96. The Morgan fingerprint density at radius 1 is 1.29 bits per heavy atom. The smallest absolute Gasteiger partial charge is 0.248 e. The van der Waals surface area contributed by atoms with Gasteiger partial charge in [-0.15, -0.1) is 0 Å². The molecule has 4 rings (SSSR count). The van der Waals surface area contributed by atoms with Crippen LogP contribution >= 0.6 is 23.4 Å². The minimum atomic E-state index is -3.08. The van der Waals surface area contributed by atoms with Crippen molar-refractivity contribution < 1.29 is 13.2 Å². The topological polar surface area (TPSA) is 66.8 Å². The molecule has 0 N–H and O–H groups in total. The minimum Gasteiger partial charge on any atom is -0.315 e. The van der Waals surface area contributed by atoms with Crippen LogP contribution in [0.5, 0.6) is 0 Å². The highest BCUT2D eigenvalue weighted by Crippen LogP contribution is 2.42. The maximum absolute atomic E-state index is 12.6. The van der Waals surface area contributed by atoms with Crippen LogP contribution in [0, 0.1) is 12.8 Å². The summed E-state index contributed by atoms with van der Waals surface area (Å²) in [5.41, 5.74) is 1.83. The molecule has 1 aromatic carbocycles. The second-order valence-corrected chi connectivity index (χ2v) is 11.9. The Bertz CT molecular complexity index is 910. The molecule has 5 nitrogen and oxygen atoms in total. The maximum atomic E-state index is 12.6. The van der Waals surface area contributed by atoms with E-state index in [9.17, 15) is 13.2 Å². The molecular weight excluding hydrogens is 416 g/mol. The molecular formula is C20H25ClN2O3S2. The van der Waals surface area contributed by atoms with E-state index in [-0.39, 0.29) is 28.7 Å². The first-order valence-corrected chi connectivity index (χ1v) is 12.9. The summed E-state index contributed by atoms with van der Waals surface area (Å²) in [5, 5.41) is 1.11. The fourth-order valence-electron chi connectivity index (χ4n) is 4.48. The molecule has 3 fully saturated rings. The number of fused-ring (bicyclic) bond motifs is 1. The van der Waals surface area contributed by atoms with Crippen LogP contribution in [0.3, 0.4) is 0 Å². The van der Waals surface area contributed by atoms with Crippen LogP contribution in [0.1, 0.15) is 44.1 Å². The van der Waals surface area contributed by atoms with Crippen LogP contribution in [-0.4, -0.2) is 42.3 Å². The number of thioether (sulfide) groups is 1. The molecule has 0 aromatic heterocycles. The van der Waals surface area contributed by atoms with Crippen molar-refractivity contribution in [2.24, 2.45) is 10.9 Å². The lowest BCUT2D eigenvalue weighted by molar-refractivity contribution is -0.118. The lowest BCUT2D eigenvalue weighted by Crippen LogP contribution is -2.38.